The molecule has 0 spiro atoms. The third-order valence-electron chi connectivity index (χ3n) is 1.64. The maximum atomic E-state index is 12.8. The average molecular weight is 209 g/mol. The van der Waals surface area contributed by atoms with Crippen molar-refractivity contribution in [1.82, 2.24) is 0 Å². The zero-order chi connectivity index (χ0) is 11.3. The fourth-order valence-electron chi connectivity index (χ4n) is 0.717. The third-order valence-corrected chi connectivity index (χ3v) is 1.64. The van der Waals surface area contributed by atoms with Crippen LogP contribution < -0.4 is 5.73 Å². The Balaban J connectivity index is 4.29. The Bertz CT molecular complexity index is 241. The molecule has 0 aromatic heterocycles. The molecule has 82 valence electrons. The second-order valence-electron chi connectivity index (χ2n) is 2.99. The molecule has 0 saturated heterocycles. The van der Waals surface area contributed by atoms with Gasteiger partial charge in [0.15, 0.2) is 0 Å². The lowest BCUT2D eigenvalue weighted by Crippen LogP contribution is -2.32. The molecule has 0 aliphatic carbocycles. The third kappa shape index (κ3) is 4.88. The van der Waals surface area contributed by atoms with Gasteiger partial charge in [-0.2, -0.15) is 0 Å². The van der Waals surface area contributed by atoms with E-state index in [-0.39, 0.29) is 0 Å². The number of carboxylic acids is 1. The first-order valence-electron chi connectivity index (χ1n) is 4.03. The van der Waals surface area contributed by atoms with Gasteiger partial charge in [0.2, 0.25) is 0 Å². The zero-order valence-corrected chi connectivity index (χ0v) is 7.70. The zero-order valence-electron chi connectivity index (χ0n) is 7.70. The van der Waals surface area contributed by atoms with Crippen molar-refractivity contribution in [3.63, 3.8) is 0 Å². The van der Waals surface area contributed by atoms with Crippen molar-refractivity contribution in [2.75, 3.05) is 0 Å². The van der Waals surface area contributed by atoms with Crippen molar-refractivity contribution in [2.24, 2.45) is 5.73 Å². The summed E-state index contributed by atoms with van der Waals surface area (Å²) in [4.78, 5) is 10.0. The van der Waals surface area contributed by atoms with Gasteiger partial charge in [0.25, 0.3) is 0 Å². The number of aliphatic hydroxyl groups excluding tert-OH is 1. The molecule has 0 aliphatic heterocycles. The van der Waals surface area contributed by atoms with Crippen LogP contribution in [0.25, 0.3) is 0 Å². The number of halogens is 2. The van der Waals surface area contributed by atoms with Crippen LogP contribution in [0.1, 0.15) is 19.8 Å². The minimum atomic E-state index is -1.46. The minimum absolute atomic E-state index is 0.503. The van der Waals surface area contributed by atoms with E-state index in [9.17, 15) is 13.6 Å². The molecular weight excluding hydrogens is 196 g/mol. The Kier molecular flexibility index (Phi) is 5.26. The number of hydrogen-bond donors (Lipinski definition) is 3. The molecule has 0 amide bonds. The molecule has 6 heteroatoms. The van der Waals surface area contributed by atoms with Crippen LogP contribution in [0.3, 0.4) is 0 Å². The molecule has 4 N–H and O–H groups in total. The quantitative estimate of drug-likeness (QED) is 0.622. The van der Waals surface area contributed by atoms with E-state index in [1.54, 1.807) is 0 Å². The van der Waals surface area contributed by atoms with E-state index in [0.29, 0.717) is 0 Å². The van der Waals surface area contributed by atoms with E-state index in [1.165, 1.54) is 6.92 Å². The van der Waals surface area contributed by atoms with Crippen LogP contribution in [0.4, 0.5) is 8.78 Å². The molecule has 0 rings (SSSR count). The van der Waals surface area contributed by atoms with Crippen molar-refractivity contribution in [1.29, 1.82) is 0 Å². The summed E-state index contributed by atoms with van der Waals surface area (Å²) in [5.74, 6) is -4.03. The SMILES string of the molecule is CC(O)C(N)C/C(F)=C(\F)CC(=O)O. The van der Waals surface area contributed by atoms with Gasteiger partial charge in [-0.3, -0.25) is 4.79 Å². The van der Waals surface area contributed by atoms with Gasteiger partial charge in [0, 0.05) is 12.5 Å². The highest BCUT2D eigenvalue weighted by Crippen LogP contribution is 2.17. The Morgan fingerprint density at radius 1 is 1.43 bits per heavy atom. The molecule has 0 bridgehead atoms. The number of carbonyl (C=O) groups is 1. The molecule has 2 atom stereocenters. The summed E-state index contributed by atoms with van der Waals surface area (Å²) < 4.78 is 25.5. The van der Waals surface area contributed by atoms with Crippen LogP contribution in [0, 0.1) is 0 Å². The highest BCUT2D eigenvalue weighted by molar-refractivity contribution is 5.69. The molecule has 14 heavy (non-hydrogen) atoms. The van der Waals surface area contributed by atoms with E-state index < -0.39 is 42.6 Å². The first-order chi connectivity index (χ1) is 6.34. The van der Waals surface area contributed by atoms with E-state index in [2.05, 4.69) is 0 Å². The van der Waals surface area contributed by atoms with Crippen LogP contribution in [-0.4, -0.2) is 28.3 Å². The van der Waals surface area contributed by atoms with Crippen LogP contribution in [-0.2, 0) is 4.79 Å². The monoisotopic (exact) mass is 209 g/mol. The van der Waals surface area contributed by atoms with Crippen molar-refractivity contribution < 1.29 is 23.8 Å². The molecule has 0 saturated carbocycles. The number of carboxylic acid groups (broad SMARTS) is 1. The number of hydrogen-bond acceptors (Lipinski definition) is 3. The maximum absolute atomic E-state index is 12.8. The first-order valence-corrected chi connectivity index (χ1v) is 4.03. The predicted molar refractivity (Wildman–Crippen MR) is 45.8 cm³/mol. The van der Waals surface area contributed by atoms with Crippen LogP contribution in [0.5, 0.6) is 0 Å². The summed E-state index contributed by atoms with van der Waals surface area (Å²) in [5.41, 5.74) is 5.25. The first kappa shape index (κ1) is 13.0. The van der Waals surface area contributed by atoms with Gasteiger partial charge in [-0.1, -0.05) is 0 Å². The highest BCUT2D eigenvalue weighted by atomic mass is 19.2. The lowest BCUT2D eigenvalue weighted by atomic mass is 10.1. The molecule has 0 aliphatic rings. The number of aliphatic hydroxyl groups is 1. The second-order valence-corrected chi connectivity index (χ2v) is 2.99. The van der Waals surface area contributed by atoms with Gasteiger partial charge in [0.05, 0.1) is 12.5 Å². The second kappa shape index (κ2) is 5.66. The minimum Gasteiger partial charge on any atom is -0.481 e. The molecule has 0 aromatic rings. The van der Waals surface area contributed by atoms with E-state index in [1.807, 2.05) is 0 Å². The Hall–Kier alpha value is -1.01. The van der Waals surface area contributed by atoms with E-state index >= 15 is 0 Å². The van der Waals surface area contributed by atoms with Crippen LogP contribution in [0.2, 0.25) is 0 Å². The lowest BCUT2D eigenvalue weighted by Gasteiger charge is -2.13. The smallest absolute Gasteiger partial charge is 0.310 e. The highest BCUT2D eigenvalue weighted by Gasteiger charge is 2.16. The van der Waals surface area contributed by atoms with Gasteiger partial charge in [-0.15, -0.1) is 0 Å². The molecule has 2 unspecified atom stereocenters. The number of aliphatic carboxylic acids is 1. The van der Waals surface area contributed by atoms with Gasteiger partial charge in [-0.05, 0) is 6.92 Å². The van der Waals surface area contributed by atoms with E-state index in [4.69, 9.17) is 15.9 Å². The Morgan fingerprint density at radius 3 is 2.29 bits per heavy atom. The topological polar surface area (TPSA) is 83.5 Å². The molecule has 0 heterocycles. The average Bonchev–Trinajstić information content (AvgIpc) is 2.02. The summed E-state index contributed by atoms with van der Waals surface area (Å²) in [6.45, 7) is 1.34. The van der Waals surface area contributed by atoms with Gasteiger partial charge < -0.3 is 15.9 Å². The van der Waals surface area contributed by atoms with Gasteiger partial charge in [-0.25, -0.2) is 8.78 Å². The normalized spacial score (nSPS) is 17.2. The molecule has 4 nitrogen and oxygen atoms in total. The molecule has 0 fully saturated rings. The van der Waals surface area contributed by atoms with Crippen LogP contribution in [0.15, 0.2) is 11.7 Å². The fourth-order valence-corrected chi connectivity index (χ4v) is 0.717. The summed E-state index contributed by atoms with van der Waals surface area (Å²) >= 11 is 0. The summed E-state index contributed by atoms with van der Waals surface area (Å²) in [6.07, 6.45) is -2.48. The summed E-state index contributed by atoms with van der Waals surface area (Å²) in [6, 6.07) is -0.936. The van der Waals surface area contributed by atoms with Crippen molar-refractivity contribution in [2.45, 2.75) is 31.9 Å². The number of nitrogens with two attached hydrogens (primary N) is 1. The predicted octanol–water partition coefficient (Wildman–Crippen LogP) is 0.710. The Morgan fingerprint density at radius 2 is 1.93 bits per heavy atom. The number of rotatable bonds is 5. The van der Waals surface area contributed by atoms with Crippen molar-refractivity contribution in [3.05, 3.63) is 11.7 Å². The van der Waals surface area contributed by atoms with Crippen molar-refractivity contribution >= 4 is 5.97 Å². The molecule has 0 aromatic carbocycles. The molecular formula is C8H13F2NO3. The fraction of sp³-hybridized carbons (Fsp3) is 0.625. The lowest BCUT2D eigenvalue weighted by molar-refractivity contribution is -0.136. The van der Waals surface area contributed by atoms with Gasteiger partial charge in [0.1, 0.15) is 11.7 Å². The van der Waals surface area contributed by atoms with Gasteiger partial charge >= 0.3 is 5.97 Å². The van der Waals surface area contributed by atoms with E-state index in [0.717, 1.165) is 0 Å². The van der Waals surface area contributed by atoms with Crippen molar-refractivity contribution in [3.8, 4) is 0 Å². The standard InChI is InChI=1S/C8H13F2NO3/c1-4(12)7(11)2-5(9)6(10)3-8(13)14/h4,7,12H,2-3,11H2,1H3,(H,13,14)/b6-5+. The maximum Gasteiger partial charge on any atom is 0.310 e. The summed E-state index contributed by atoms with van der Waals surface area (Å²) in [7, 11) is 0. The van der Waals surface area contributed by atoms with Crippen LogP contribution >= 0.6 is 0 Å². The summed E-state index contributed by atoms with van der Waals surface area (Å²) in [5, 5.41) is 17.0. The Labute approximate surface area is 80.0 Å². The molecule has 0 radical (unpaired) electrons. The largest absolute Gasteiger partial charge is 0.481 e.